The average molecular weight is 208 g/mol. The van der Waals surface area contributed by atoms with Gasteiger partial charge in [-0.2, -0.15) is 0 Å². The summed E-state index contributed by atoms with van der Waals surface area (Å²) in [6.07, 6.45) is 0. The molecule has 0 saturated heterocycles. The predicted molar refractivity (Wildman–Crippen MR) is 58.2 cm³/mol. The Labute approximate surface area is 89.3 Å². The summed E-state index contributed by atoms with van der Waals surface area (Å²) in [5.74, 6) is 0.0903. The molecule has 0 spiro atoms. The second kappa shape index (κ2) is 4.79. The summed E-state index contributed by atoms with van der Waals surface area (Å²) in [7, 11) is 1.69. The molecule has 0 saturated carbocycles. The summed E-state index contributed by atoms with van der Waals surface area (Å²) >= 11 is 0. The van der Waals surface area contributed by atoms with Crippen LogP contribution in [0.3, 0.4) is 0 Å². The quantitative estimate of drug-likeness (QED) is 0.768. The van der Waals surface area contributed by atoms with Crippen molar-refractivity contribution in [2.75, 3.05) is 7.05 Å². The van der Waals surface area contributed by atoms with Crippen molar-refractivity contribution in [1.29, 1.82) is 0 Å². The largest absolute Gasteiger partial charge is 0.508 e. The second-order valence-electron chi connectivity index (χ2n) is 3.65. The van der Waals surface area contributed by atoms with E-state index in [2.05, 4.69) is 0 Å². The van der Waals surface area contributed by atoms with Crippen LogP contribution >= 0.6 is 0 Å². The Hall–Kier alpha value is -1.55. The first-order valence-corrected chi connectivity index (χ1v) is 4.79. The minimum absolute atomic E-state index is 0.113. The number of carbonyl (C=O) groups is 1. The zero-order chi connectivity index (χ0) is 11.4. The van der Waals surface area contributed by atoms with E-state index in [9.17, 15) is 9.90 Å². The van der Waals surface area contributed by atoms with E-state index in [0.717, 1.165) is 5.56 Å². The summed E-state index contributed by atoms with van der Waals surface area (Å²) in [5, 5.41) is 9.25. The van der Waals surface area contributed by atoms with E-state index in [0.29, 0.717) is 6.54 Å². The first-order valence-electron chi connectivity index (χ1n) is 4.79. The maximum Gasteiger partial charge on any atom is 0.239 e. The lowest BCUT2D eigenvalue weighted by atomic mass is 10.2. The van der Waals surface area contributed by atoms with Gasteiger partial charge in [-0.1, -0.05) is 12.1 Å². The topological polar surface area (TPSA) is 66.6 Å². The summed E-state index contributed by atoms with van der Waals surface area (Å²) in [5.41, 5.74) is 6.36. The summed E-state index contributed by atoms with van der Waals surface area (Å²) in [6, 6.07) is 6.33. The van der Waals surface area contributed by atoms with Gasteiger partial charge >= 0.3 is 0 Å². The summed E-state index contributed by atoms with van der Waals surface area (Å²) < 4.78 is 0. The van der Waals surface area contributed by atoms with Crippen molar-refractivity contribution in [2.24, 2.45) is 5.73 Å². The van der Waals surface area contributed by atoms with E-state index in [1.54, 1.807) is 37.1 Å². The molecule has 0 fully saturated rings. The van der Waals surface area contributed by atoms with Gasteiger partial charge in [0, 0.05) is 13.6 Å². The van der Waals surface area contributed by atoms with Gasteiger partial charge in [-0.05, 0) is 24.6 Å². The molecule has 0 aliphatic rings. The van der Waals surface area contributed by atoms with Crippen molar-refractivity contribution >= 4 is 5.91 Å². The molecule has 0 unspecified atom stereocenters. The van der Waals surface area contributed by atoms with Gasteiger partial charge in [-0.3, -0.25) is 4.79 Å². The van der Waals surface area contributed by atoms with Crippen molar-refractivity contribution in [3.8, 4) is 5.75 Å². The normalized spacial score (nSPS) is 12.2. The van der Waals surface area contributed by atoms with Crippen LogP contribution in [-0.4, -0.2) is 29.0 Å². The monoisotopic (exact) mass is 208 g/mol. The Morgan fingerprint density at radius 3 is 2.80 bits per heavy atom. The SMILES string of the molecule is C[C@H](N)C(=O)N(C)Cc1cccc(O)c1. The molecule has 0 aliphatic heterocycles. The van der Waals surface area contributed by atoms with Crippen molar-refractivity contribution in [3.63, 3.8) is 0 Å². The molecule has 1 rings (SSSR count). The van der Waals surface area contributed by atoms with Gasteiger partial charge in [-0.25, -0.2) is 0 Å². The minimum atomic E-state index is -0.493. The van der Waals surface area contributed by atoms with Crippen LogP contribution in [0.1, 0.15) is 12.5 Å². The lowest BCUT2D eigenvalue weighted by Gasteiger charge is -2.19. The number of nitrogens with zero attached hydrogens (tertiary/aromatic N) is 1. The van der Waals surface area contributed by atoms with Crippen LogP contribution in [0.5, 0.6) is 5.75 Å². The molecule has 1 aromatic rings. The van der Waals surface area contributed by atoms with Crippen LogP contribution in [0.4, 0.5) is 0 Å². The third-order valence-electron chi connectivity index (χ3n) is 2.10. The molecule has 1 amide bonds. The Morgan fingerprint density at radius 2 is 2.27 bits per heavy atom. The number of amides is 1. The van der Waals surface area contributed by atoms with E-state index < -0.39 is 6.04 Å². The number of phenols is 1. The van der Waals surface area contributed by atoms with Crippen LogP contribution in [-0.2, 0) is 11.3 Å². The fraction of sp³-hybridized carbons (Fsp3) is 0.364. The van der Waals surface area contributed by atoms with Crippen LogP contribution in [0.15, 0.2) is 24.3 Å². The number of benzene rings is 1. The third-order valence-corrected chi connectivity index (χ3v) is 2.10. The molecule has 4 heteroatoms. The smallest absolute Gasteiger partial charge is 0.239 e. The molecule has 0 aromatic heterocycles. The van der Waals surface area contributed by atoms with E-state index in [-0.39, 0.29) is 11.7 Å². The Bertz CT molecular complexity index is 350. The van der Waals surface area contributed by atoms with Crippen LogP contribution in [0.2, 0.25) is 0 Å². The van der Waals surface area contributed by atoms with Crippen molar-refractivity contribution in [2.45, 2.75) is 19.5 Å². The van der Waals surface area contributed by atoms with E-state index >= 15 is 0 Å². The Balaban J connectivity index is 2.66. The number of aromatic hydroxyl groups is 1. The lowest BCUT2D eigenvalue weighted by molar-refractivity contribution is -0.131. The maximum atomic E-state index is 11.5. The van der Waals surface area contributed by atoms with Gasteiger partial charge in [0.25, 0.3) is 0 Å². The highest BCUT2D eigenvalue weighted by Crippen LogP contribution is 2.12. The first-order chi connectivity index (χ1) is 7.00. The minimum Gasteiger partial charge on any atom is -0.508 e. The standard InChI is InChI=1S/C11H16N2O2/c1-8(12)11(15)13(2)7-9-4-3-5-10(14)6-9/h3-6,8,14H,7,12H2,1-2H3/t8-/m0/s1. The van der Waals surface area contributed by atoms with Gasteiger partial charge in [0.15, 0.2) is 0 Å². The molecule has 4 nitrogen and oxygen atoms in total. The predicted octanol–water partition coefficient (Wildman–Crippen LogP) is 0.698. The summed E-state index contributed by atoms with van der Waals surface area (Å²) in [6.45, 7) is 2.11. The summed E-state index contributed by atoms with van der Waals surface area (Å²) in [4.78, 5) is 13.0. The van der Waals surface area contributed by atoms with E-state index in [4.69, 9.17) is 5.73 Å². The molecule has 0 heterocycles. The fourth-order valence-corrected chi connectivity index (χ4v) is 1.35. The molecule has 82 valence electrons. The highest BCUT2D eigenvalue weighted by atomic mass is 16.3. The van der Waals surface area contributed by atoms with Crippen molar-refractivity contribution in [1.82, 2.24) is 4.90 Å². The second-order valence-corrected chi connectivity index (χ2v) is 3.65. The first kappa shape index (κ1) is 11.5. The molecule has 0 bridgehead atoms. The number of phenolic OH excluding ortho intramolecular Hbond substituents is 1. The molecule has 15 heavy (non-hydrogen) atoms. The van der Waals surface area contributed by atoms with Crippen LogP contribution in [0.25, 0.3) is 0 Å². The number of carbonyl (C=O) groups excluding carboxylic acids is 1. The highest BCUT2D eigenvalue weighted by molar-refractivity contribution is 5.80. The zero-order valence-corrected chi connectivity index (χ0v) is 8.97. The fourth-order valence-electron chi connectivity index (χ4n) is 1.35. The zero-order valence-electron chi connectivity index (χ0n) is 8.97. The number of nitrogens with two attached hydrogens (primary N) is 1. The number of likely N-dealkylation sites (N-methyl/N-ethyl adjacent to an activating group) is 1. The maximum absolute atomic E-state index is 11.5. The molecular weight excluding hydrogens is 192 g/mol. The number of hydrogen-bond donors (Lipinski definition) is 2. The van der Waals surface area contributed by atoms with Gasteiger partial charge in [0.1, 0.15) is 5.75 Å². The van der Waals surface area contributed by atoms with E-state index in [1.807, 2.05) is 6.07 Å². The van der Waals surface area contributed by atoms with Crippen molar-refractivity contribution < 1.29 is 9.90 Å². The molecule has 1 aromatic carbocycles. The molecular formula is C11H16N2O2. The van der Waals surface area contributed by atoms with Crippen molar-refractivity contribution in [3.05, 3.63) is 29.8 Å². The van der Waals surface area contributed by atoms with E-state index in [1.165, 1.54) is 0 Å². The number of hydrogen-bond acceptors (Lipinski definition) is 3. The Kier molecular flexibility index (Phi) is 3.68. The molecule has 0 aliphatic carbocycles. The molecule has 1 atom stereocenters. The van der Waals surface area contributed by atoms with Gasteiger partial charge in [-0.15, -0.1) is 0 Å². The highest BCUT2D eigenvalue weighted by Gasteiger charge is 2.13. The van der Waals surface area contributed by atoms with Crippen LogP contribution in [0, 0.1) is 0 Å². The average Bonchev–Trinajstić information content (AvgIpc) is 2.16. The molecule has 0 radical (unpaired) electrons. The third kappa shape index (κ3) is 3.25. The lowest BCUT2D eigenvalue weighted by Crippen LogP contribution is -2.39. The van der Waals surface area contributed by atoms with Gasteiger partial charge in [0.2, 0.25) is 5.91 Å². The van der Waals surface area contributed by atoms with Crippen LogP contribution < -0.4 is 5.73 Å². The Morgan fingerprint density at radius 1 is 1.60 bits per heavy atom. The number of rotatable bonds is 3. The van der Waals surface area contributed by atoms with Gasteiger partial charge in [0.05, 0.1) is 6.04 Å². The molecule has 3 N–H and O–H groups in total. The van der Waals surface area contributed by atoms with Gasteiger partial charge < -0.3 is 15.7 Å².